The van der Waals surface area contributed by atoms with Gasteiger partial charge in [0.15, 0.2) is 5.94 Å². The molecule has 0 saturated carbocycles. The molecule has 2 amide bonds. The number of pyridine rings is 2. The maximum absolute atomic E-state index is 13.5. The molecule has 0 unspecified atom stereocenters. The number of carbonyl (C=O) groups excluding carboxylic acids is 2. The van der Waals surface area contributed by atoms with Crippen LogP contribution in [0.25, 0.3) is 0 Å². The van der Waals surface area contributed by atoms with E-state index in [1.807, 2.05) is 18.9 Å². The minimum absolute atomic E-state index is 0.00329. The molecule has 0 aromatic carbocycles. The first kappa shape index (κ1) is 30.2. The van der Waals surface area contributed by atoms with E-state index in [0.29, 0.717) is 48.8 Å². The van der Waals surface area contributed by atoms with Gasteiger partial charge in [0.2, 0.25) is 6.29 Å². The van der Waals surface area contributed by atoms with Crippen LogP contribution in [0.4, 0.5) is 22.1 Å². The number of aryl methyl sites for hydroxylation is 1. The molecular weight excluding hydrogens is 542 g/mol. The number of nitrogens with zero attached hydrogens (tertiary/aromatic N) is 5. The zero-order valence-corrected chi connectivity index (χ0v) is 23.9. The SMILES string of the molecule is COC[C@@H](C)Nc1cc(NC(=O)N2CCCc3cc(CN4C=CC=COC4=C=O)c(C(OC)OC)nc32)ncc1C#N. The van der Waals surface area contributed by atoms with E-state index in [1.54, 1.807) is 41.3 Å². The van der Waals surface area contributed by atoms with Gasteiger partial charge in [-0.2, -0.15) is 5.26 Å². The Morgan fingerprint density at radius 3 is 2.76 bits per heavy atom. The average molecular weight is 576 g/mol. The van der Waals surface area contributed by atoms with Crippen molar-refractivity contribution in [3.8, 4) is 6.07 Å². The van der Waals surface area contributed by atoms with E-state index in [4.69, 9.17) is 23.9 Å². The van der Waals surface area contributed by atoms with Gasteiger partial charge in [0.1, 0.15) is 23.4 Å². The summed E-state index contributed by atoms with van der Waals surface area (Å²) in [5.41, 5.74) is 2.90. The van der Waals surface area contributed by atoms with Gasteiger partial charge in [0.25, 0.3) is 5.88 Å². The van der Waals surface area contributed by atoms with Crippen molar-refractivity contribution in [3.63, 3.8) is 0 Å². The smallest absolute Gasteiger partial charge is 0.328 e. The molecule has 2 aliphatic heterocycles. The molecule has 4 rings (SSSR count). The lowest BCUT2D eigenvalue weighted by Crippen LogP contribution is -2.40. The number of anilines is 3. The van der Waals surface area contributed by atoms with Crippen LogP contribution in [0.1, 0.15) is 42.0 Å². The highest BCUT2D eigenvalue weighted by Gasteiger charge is 2.29. The van der Waals surface area contributed by atoms with Crippen molar-refractivity contribution in [2.45, 2.75) is 38.6 Å². The zero-order valence-electron chi connectivity index (χ0n) is 23.9. The quantitative estimate of drug-likeness (QED) is 0.316. The van der Waals surface area contributed by atoms with Gasteiger partial charge in [-0.05, 0) is 49.1 Å². The van der Waals surface area contributed by atoms with Crippen molar-refractivity contribution in [1.29, 1.82) is 5.26 Å². The van der Waals surface area contributed by atoms with Crippen LogP contribution < -0.4 is 15.5 Å². The van der Waals surface area contributed by atoms with Crippen LogP contribution in [0.3, 0.4) is 0 Å². The van der Waals surface area contributed by atoms with Crippen molar-refractivity contribution in [1.82, 2.24) is 14.9 Å². The van der Waals surface area contributed by atoms with Gasteiger partial charge < -0.3 is 29.2 Å². The van der Waals surface area contributed by atoms with Gasteiger partial charge in [-0.3, -0.25) is 10.2 Å². The minimum Gasteiger partial charge on any atom is -0.440 e. The Morgan fingerprint density at radius 1 is 1.24 bits per heavy atom. The largest absolute Gasteiger partial charge is 0.440 e. The molecule has 0 saturated heterocycles. The molecule has 2 aromatic heterocycles. The third-order valence-corrected chi connectivity index (χ3v) is 6.57. The first-order valence-corrected chi connectivity index (χ1v) is 13.3. The van der Waals surface area contributed by atoms with E-state index in [-0.39, 0.29) is 24.3 Å². The number of methoxy groups -OCH3 is 3. The van der Waals surface area contributed by atoms with E-state index in [9.17, 15) is 14.9 Å². The Bertz CT molecular complexity index is 1440. The molecule has 0 fully saturated rings. The maximum atomic E-state index is 13.5. The van der Waals surface area contributed by atoms with Crippen molar-refractivity contribution in [2.24, 2.45) is 0 Å². The van der Waals surface area contributed by atoms with Crippen LogP contribution in [0.2, 0.25) is 0 Å². The first-order valence-electron chi connectivity index (χ1n) is 13.3. The number of fused-ring (bicyclic) bond motifs is 1. The maximum Gasteiger partial charge on any atom is 0.328 e. The highest BCUT2D eigenvalue weighted by atomic mass is 16.7. The minimum atomic E-state index is -0.835. The number of allylic oxidation sites excluding steroid dienone is 2. The van der Waals surface area contributed by atoms with Crippen molar-refractivity contribution in [3.05, 3.63) is 71.2 Å². The van der Waals surface area contributed by atoms with Crippen LogP contribution >= 0.6 is 0 Å². The Labute approximate surface area is 244 Å². The molecule has 1 atom stereocenters. The number of amides is 2. The standard InChI is InChI=1S/C29H33N7O6/c1-19(18-39-2)32-23-13-24(31-15-22(23)14-30)33-29(38)36-10-7-8-20-12-21(26(34-27(20)36)28(40-3)41-4)16-35-9-5-6-11-42-25(35)17-37/h5-6,9,11-13,15,19,28H,7-8,10,16,18H2,1-4H3,(H2,31,32,33,38)/t19-/m1/s1. The molecule has 0 bridgehead atoms. The molecule has 13 heteroatoms. The number of carbonyl (C=O) groups is 1. The molecule has 42 heavy (non-hydrogen) atoms. The zero-order chi connectivity index (χ0) is 30.1. The lowest BCUT2D eigenvalue weighted by atomic mass is 10.0. The summed E-state index contributed by atoms with van der Waals surface area (Å²) in [4.78, 5) is 37.3. The predicted octanol–water partition coefficient (Wildman–Crippen LogP) is 3.60. The third-order valence-electron chi connectivity index (χ3n) is 6.57. The van der Waals surface area contributed by atoms with Crippen LogP contribution in [0.5, 0.6) is 0 Å². The molecule has 2 aliphatic rings. The van der Waals surface area contributed by atoms with Crippen LogP contribution in [0.15, 0.2) is 48.8 Å². The molecule has 0 aliphatic carbocycles. The fourth-order valence-corrected chi connectivity index (χ4v) is 4.70. The summed E-state index contributed by atoms with van der Waals surface area (Å²) in [7, 11) is 4.59. The van der Waals surface area contributed by atoms with Crippen molar-refractivity contribution >= 4 is 29.3 Å². The molecule has 0 spiro atoms. The monoisotopic (exact) mass is 575 g/mol. The topological polar surface area (TPSA) is 151 Å². The second kappa shape index (κ2) is 14.2. The van der Waals surface area contributed by atoms with Crippen LogP contribution in [0, 0.1) is 11.3 Å². The number of hydrogen-bond donors (Lipinski definition) is 2. The van der Waals surface area contributed by atoms with Gasteiger partial charge in [-0.15, -0.1) is 0 Å². The molecule has 4 heterocycles. The van der Waals surface area contributed by atoms with E-state index >= 15 is 0 Å². The Hall–Kier alpha value is -4.73. The third kappa shape index (κ3) is 6.94. The summed E-state index contributed by atoms with van der Waals surface area (Å²) in [6.07, 6.45) is 8.46. The summed E-state index contributed by atoms with van der Waals surface area (Å²) >= 11 is 0. The predicted molar refractivity (Wildman–Crippen MR) is 154 cm³/mol. The first-order chi connectivity index (χ1) is 20.4. The number of nitriles is 1. The van der Waals surface area contributed by atoms with Crippen molar-refractivity contribution in [2.75, 3.05) is 50.0 Å². The Balaban J connectivity index is 1.64. The number of nitrogens with one attached hydrogen (secondary N) is 2. The highest BCUT2D eigenvalue weighted by molar-refractivity contribution is 6.01. The molecule has 2 N–H and O–H groups in total. The fraction of sp³-hybridized carbons (Fsp3) is 0.379. The fourth-order valence-electron chi connectivity index (χ4n) is 4.70. The van der Waals surface area contributed by atoms with Gasteiger partial charge in [0, 0.05) is 52.4 Å². The van der Waals surface area contributed by atoms with E-state index in [1.165, 1.54) is 26.7 Å². The van der Waals surface area contributed by atoms with Gasteiger partial charge in [-0.25, -0.2) is 19.6 Å². The van der Waals surface area contributed by atoms with Crippen molar-refractivity contribution < 1.29 is 28.5 Å². The molecule has 220 valence electrons. The number of aromatic nitrogens is 2. The summed E-state index contributed by atoms with van der Waals surface area (Å²) in [5, 5.41) is 15.6. The number of rotatable bonds is 10. The molecule has 13 nitrogen and oxygen atoms in total. The van der Waals surface area contributed by atoms with Gasteiger partial charge >= 0.3 is 6.03 Å². The molecule has 2 aromatic rings. The van der Waals surface area contributed by atoms with Crippen LogP contribution in [-0.2, 0) is 36.7 Å². The Kier molecular flexibility index (Phi) is 10.3. The normalized spacial score (nSPS) is 14.9. The second-order valence-electron chi connectivity index (χ2n) is 9.55. The molecule has 0 radical (unpaired) electrons. The van der Waals surface area contributed by atoms with E-state index in [0.717, 1.165) is 11.1 Å². The second-order valence-corrected chi connectivity index (χ2v) is 9.55. The lowest BCUT2D eigenvalue weighted by Gasteiger charge is -2.31. The number of hydrogen-bond acceptors (Lipinski definition) is 11. The lowest BCUT2D eigenvalue weighted by molar-refractivity contribution is -0.109. The number of urea groups is 1. The van der Waals surface area contributed by atoms with E-state index < -0.39 is 12.3 Å². The van der Waals surface area contributed by atoms with Crippen LogP contribution in [-0.4, -0.2) is 67.4 Å². The summed E-state index contributed by atoms with van der Waals surface area (Å²) in [6.45, 7) is 3.00. The summed E-state index contributed by atoms with van der Waals surface area (Å²) in [5.74, 6) is 2.55. The highest BCUT2D eigenvalue weighted by Crippen LogP contribution is 2.33. The van der Waals surface area contributed by atoms with Gasteiger partial charge in [-0.1, -0.05) is 0 Å². The summed E-state index contributed by atoms with van der Waals surface area (Å²) < 4.78 is 21.6. The number of ether oxygens (including phenoxy) is 4. The molecular formula is C29H33N7O6. The average Bonchev–Trinajstić information content (AvgIpc) is 3.22. The van der Waals surface area contributed by atoms with Gasteiger partial charge in [0.05, 0.1) is 30.7 Å². The Morgan fingerprint density at radius 2 is 2.05 bits per heavy atom. The van der Waals surface area contributed by atoms with E-state index in [2.05, 4.69) is 21.7 Å². The summed E-state index contributed by atoms with van der Waals surface area (Å²) in [6, 6.07) is 5.17.